The molecule has 1 N–H and O–H groups in total. The third-order valence-electron chi connectivity index (χ3n) is 6.77. The number of fused-ring (bicyclic) bond motifs is 1. The summed E-state index contributed by atoms with van der Waals surface area (Å²) in [5.74, 6) is 3.07. The number of rotatable bonds is 5. The quantitative estimate of drug-likeness (QED) is 0.736. The maximum absolute atomic E-state index is 11.8. The van der Waals surface area contributed by atoms with Gasteiger partial charge < -0.3 is 14.4 Å². The Morgan fingerprint density at radius 3 is 2.50 bits per heavy atom. The maximum atomic E-state index is 11.8. The fourth-order valence-electron chi connectivity index (χ4n) is 5.01. The topological polar surface area (TPSA) is 91.6 Å². The molecule has 0 spiro atoms. The highest BCUT2D eigenvalue weighted by atomic mass is 32.2. The number of nitrogens with one attached hydrogen (secondary N) is 1. The lowest BCUT2D eigenvalue weighted by Gasteiger charge is -2.35. The van der Waals surface area contributed by atoms with Crippen molar-refractivity contribution in [1.82, 2.24) is 14.9 Å². The number of hydrogen-bond acceptors (Lipinski definition) is 8. The Hall–Kier alpha value is -2.39. The summed E-state index contributed by atoms with van der Waals surface area (Å²) in [6.07, 6.45) is 9.10. The van der Waals surface area contributed by atoms with Crippen LogP contribution in [0.5, 0.6) is 11.5 Å². The summed E-state index contributed by atoms with van der Waals surface area (Å²) in [5, 5.41) is 0. The minimum absolute atomic E-state index is 0.385. The molecule has 0 saturated carbocycles. The van der Waals surface area contributed by atoms with Crippen LogP contribution in [0.3, 0.4) is 0 Å². The first-order valence-corrected chi connectivity index (χ1v) is 13.4. The predicted molar refractivity (Wildman–Crippen MR) is 123 cm³/mol. The molecule has 1 aromatic heterocycles. The van der Waals surface area contributed by atoms with E-state index in [1.54, 1.807) is 0 Å². The molecule has 2 aromatic rings. The van der Waals surface area contributed by atoms with Crippen LogP contribution in [-0.2, 0) is 9.73 Å². The zero-order chi connectivity index (χ0) is 22.1. The monoisotopic (exact) mass is 457 g/mol. The molecule has 32 heavy (non-hydrogen) atoms. The number of ether oxygens (including phenoxy) is 2. The van der Waals surface area contributed by atoms with Gasteiger partial charge in [0.1, 0.15) is 13.2 Å². The summed E-state index contributed by atoms with van der Waals surface area (Å²) in [6, 6.07) is 6.88. The van der Waals surface area contributed by atoms with Gasteiger partial charge in [0.2, 0.25) is 5.95 Å². The molecule has 3 aliphatic rings. The molecule has 3 aliphatic heterocycles. The second kappa shape index (κ2) is 8.86. The highest BCUT2D eigenvalue weighted by Crippen LogP contribution is 2.39. The molecule has 0 unspecified atom stereocenters. The molecule has 0 aliphatic carbocycles. The Morgan fingerprint density at radius 2 is 1.78 bits per heavy atom. The number of nitrogens with zero attached hydrogens (tertiary/aromatic N) is 4. The number of anilines is 1. The van der Waals surface area contributed by atoms with E-state index < -0.39 is 9.73 Å². The Labute approximate surface area is 189 Å². The first-order chi connectivity index (χ1) is 15.5. The van der Waals surface area contributed by atoms with Crippen molar-refractivity contribution >= 4 is 15.7 Å². The smallest absolute Gasteiger partial charge is 0.225 e. The van der Waals surface area contributed by atoms with E-state index in [-0.39, 0.29) is 0 Å². The van der Waals surface area contributed by atoms with E-state index in [0.717, 1.165) is 50.5 Å². The van der Waals surface area contributed by atoms with Crippen molar-refractivity contribution in [2.75, 3.05) is 50.5 Å². The molecule has 0 amide bonds. The molecule has 2 fully saturated rings. The van der Waals surface area contributed by atoms with Crippen LogP contribution >= 0.6 is 0 Å². The Bertz CT molecular complexity index is 1050. The zero-order valence-electron chi connectivity index (χ0n) is 18.5. The van der Waals surface area contributed by atoms with Crippen molar-refractivity contribution in [1.29, 1.82) is 4.78 Å². The lowest BCUT2D eigenvalue weighted by atomic mass is 9.95. The molecule has 9 heteroatoms. The van der Waals surface area contributed by atoms with E-state index in [1.807, 2.05) is 0 Å². The molecule has 2 atom stereocenters. The Morgan fingerprint density at radius 1 is 1.06 bits per heavy atom. The third-order valence-corrected chi connectivity index (χ3v) is 7.88. The minimum atomic E-state index is -2.77. The SMILES string of the molecule is C[S@@](=N)(=O)c1cnc(N2CCC(CN3CCC[C@@H]3c3ccc4c(c3)OCCO4)CC2)nc1. The van der Waals surface area contributed by atoms with E-state index >= 15 is 0 Å². The Balaban J connectivity index is 1.18. The molecule has 1 aromatic carbocycles. The molecular formula is C23H31N5O3S. The fraction of sp³-hybridized carbons (Fsp3) is 0.565. The van der Waals surface area contributed by atoms with Crippen molar-refractivity contribution in [3.8, 4) is 11.5 Å². The molecule has 4 heterocycles. The number of aromatic nitrogens is 2. The van der Waals surface area contributed by atoms with Crippen LogP contribution in [0.1, 0.15) is 37.3 Å². The first-order valence-electron chi connectivity index (χ1n) is 11.4. The summed E-state index contributed by atoms with van der Waals surface area (Å²) >= 11 is 0. The summed E-state index contributed by atoms with van der Waals surface area (Å²) in [4.78, 5) is 14.0. The molecule has 0 radical (unpaired) electrons. The predicted octanol–water partition coefficient (Wildman–Crippen LogP) is 3.34. The van der Waals surface area contributed by atoms with Gasteiger partial charge in [-0.15, -0.1) is 0 Å². The molecule has 5 rings (SSSR count). The van der Waals surface area contributed by atoms with E-state index in [1.165, 1.54) is 37.1 Å². The van der Waals surface area contributed by atoms with Gasteiger partial charge in [-0.25, -0.2) is 19.0 Å². The van der Waals surface area contributed by atoms with Crippen LogP contribution in [-0.4, -0.2) is 64.7 Å². The third kappa shape index (κ3) is 4.54. The molecule has 172 valence electrons. The second-order valence-corrected chi connectivity index (χ2v) is 11.2. The van der Waals surface area contributed by atoms with Crippen LogP contribution in [0.2, 0.25) is 0 Å². The summed E-state index contributed by atoms with van der Waals surface area (Å²) in [6.45, 7) is 5.36. The van der Waals surface area contributed by atoms with E-state index in [9.17, 15) is 4.21 Å². The maximum Gasteiger partial charge on any atom is 0.225 e. The van der Waals surface area contributed by atoms with Gasteiger partial charge in [0.15, 0.2) is 11.5 Å². The van der Waals surface area contributed by atoms with Crippen molar-refractivity contribution in [3.05, 3.63) is 36.2 Å². The highest BCUT2D eigenvalue weighted by molar-refractivity contribution is 7.91. The van der Waals surface area contributed by atoms with Crippen LogP contribution in [0.4, 0.5) is 5.95 Å². The van der Waals surface area contributed by atoms with E-state index in [0.29, 0.717) is 36.0 Å². The summed E-state index contributed by atoms with van der Waals surface area (Å²) in [7, 11) is -2.77. The highest BCUT2D eigenvalue weighted by Gasteiger charge is 2.31. The largest absolute Gasteiger partial charge is 0.486 e. The number of benzene rings is 1. The molecule has 2 saturated heterocycles. The van der Waals surface area contributed by atoms with Crippen LogP contribution in [0, 0.1) is 10.7 Å². The minimum Gasteiger partial charge on any atom is -0.486 e. The van der Waals surface area contributed by atoms with Crippen LogP contribution < -0.4 is 14.4 Å². The van der Waals surface area contributed by atoms with Gasteiger partial charge in [-0.3, -0.25) is 4.90 Å². The van der Waals surface area contributed by atoms with Crippen molar-refractivity contribution in [2.45, 2.75) is 36.6 Å². The molecule has 0 bridgehead atoms. The standard InChI is InChI=1S/C23H31N5O3S/c1-32(24,29)19-14-25-23(26-15-19)27-9-6-17(7-10-27)16-28-8-2-3-20(28)18-4-5-21-22(13-18)31-12-11-30-21/h4-5,13-15,17,20,24H,2-3,6-12,16H2,1H3/t20-,32-/m1/s1. The van der Waals surface area contributed by atoms with Crippen LogP contribution in [0.25, 0.3) is 0 Å². The lowest BCUT2D eigenvalue weighted by molar-refractivity contribution is 0.169. The van der Waals surface area contributed by atoms with Crippen molar-refractivity contribution < 1.29 is 13.7 Å². The van der Waals surface area contributed by atoms with Gasteiger partial charge in [-0.05, 0) is 55.8 Å². The second-order valence-electron chi connectivity index (χ2n) is 9.05. The average Bonchev–Trinajstić information content (AvgIpc) is 3.27. The van der Waals surface area contributed by atoms with Gasteiger partial charge in [0.05, 0.1) is 14.6 Å². The molecule has 8 nitrogen and oxygen atoms in total. The number of likely N-dealkylation sites (tertiary alicyclic amines) is 1. The van der Waals surface area contributed by atoms with Crippen molar-refractivity contribution in [2.24, 2.45) is 5.92 Å². The summed E-state index contributed by atoms with van der Waals surface area (Å²) in [5.41, 5.74) is 1.33. The molecular weight excluding hydrogens is 426 g/mol. The van der Waals surface area contributed by atoms with Gasteiger partial charge >= 0.3 is 0 Å². The van der Waals surface area contributed by atoms with Gasteiger partial charge in [0.25, 0.3) is 0 Å². The van der Waals surface area contributed by atoms with E-state index in [2.05, 4.69) is 38.0 Å². The first kappa shape index (κ1) is 21.5. The van der Waals surface area contributed by atoms with Crippen LogP contribution in [0.15, 0.2) is 35.5 Å². The zero-order valence-corrected chi connectivity index (χ0v) is 19.4. The van der Waals surface area contributed by atoms with Gasteiger partial charge in [-0.1, -0.05) is 6.07 Å². The Kier molecular flexibility index (Phi) is 5.94. The van der Waals surface area contributed by atoms with Crippen molar-refractivity contribution in [3.63, 3.8) is 0 Å². The lowest BCUT2D eigenvalue weighted by Crippen LogP contribution is -2.39. The van der Waals surface area contributed by atoms with E-state index in [4.69, 9.17) is 14.3 Å². The number of piperidine rings is 1. The number of hydrogen-bond donors (Lipinski definition) is 1. The summed E-state index contributed by atoms with van der Waals surface area (Å²) < 4.78 is 31.0. The fourth-order valence-corrected chi connectivity index (χ4v) is 5.52. The van der Waals surface area contributed by atoms with Gasteiger partial charge in [-0.2, -0.15) is 0 Å². The van der Waals surface area contributed by atoms with Gasteiger partial charge in [0, 0.05) is 44.3 Å². The normalized spacial score (nSPS) is 23.8. The average molecular weight is 458 g/mol.